The standard InChI is InChI=1S/C17H28O3S/c1-5-7-17(13-21,8-6-2)12-20-16-10-14(18-3)9-15(11-16)19-4/h9-11,21H,5-8,12-13H2,1-4H3. The second-order valence-electron chi connectivity index (χ2n) is 5.50. The van der Waals surface area contributed by atoms with Crippen molar-refractivity contribution in [2.75, 3.05) is 26.6 Å². The first-order chi connectivity index (χ1) is 10.1. The molecule has 0 heterocycles. The molecule has 0 radical (unpaired) electrons. The summed E-state index contributed by atoms with van der Waals surface area (Å²) in [5, 5.41) is 0. The Labute approximate surface area is 134 Å². The first kappa shape index (κ1) is 18.0. The van der Waals surface area contributed by atoms with Crippen molar-refractivity contribution in [3.8, 4) is 17.2 Å². The smallest absolute Gasteiger partial charge is 0.126 e. The molecule has 0 bridgehead atoms. The molecule has 0 aliphatic heterocycles. The normalized spacial score (nSPS) is 11.3. The Balaban J connectivity index is 2.83. The molecule has 120 valence electrons. The highest BCUT2D eigenvalue weighted by molar-refractivity contribution is 7.80. The zero-order chi connectivity index (χ0) is 15.7. The summed E-state index contributed by atoms with van der Waals surface area (Å²) in [7, 11) is 3.29. The van der Waals surface area contributed by atoms with Gasteiger partial charge in [0.25, 0.3) is 0 Å². The van der Waals surface area contributed by atoms with Crippen molar-refractivity contribution in [3.63, 3.8) is 0 Å². The van der Waals surface area contributed by atoms with Crippen LogP contribution in [0.15, 0.2) is 18.2 Å². The number of hydrogen-bond acceptors (Lipinski definition) is 4. The highest BCUT2D eigenvalue weighted by Crippen LogP contribution is 2.34. The highest BCUT2D eigenvalue weighted by Gasteiger charge is 2.28. The summed E-state index contributed by atoms with van der Waals surface area (Å²) in [5.74, 6) is 3.11. The van der Waals surface area contributed by atoms with Crippen LogP contribution in [0.3, 0.4) is 0 Å². The molecule has 0 unspecified atom stereocenters. The van der Waals surface area contributed by atoms with Crippen LogP contribution in [0.2, 0.25) is 0 Å². The van der Waals surface area contributed by atoms with E-state index in [0.29, 0.717) is 6.61 Å². The van der Waals surface area contributed by atoms with Gasteiger partial charge in [-0.25, -0.2) is 0 Å². The minimum absolute atomic E-state index is 0.142. The molecule has 4 heteroatoms. The van der Waals surface area contributed by atoms with Crippen LogP contribution in [0, 0.1) is 5.41 Å². The Morgan fingerprint density at radius 1 is 0.905 bits per heavy atom. The summed E-state index contributed by atoms with van der Waals surface area (Å²) in [6.45, 7) is 5.10. The number of thiol groups is 1. The second kappa shape index (κ2) is 9.08. The molecule has 21 heavy (non-hydrogen) atoms. The Bertz CT molecular complexity index is 392. The van der Waals surface area contributed by atoms with E-state index in [2.05, 4.69) is 26.5 Å². The number of hydrogen-bond donors (Lipinski definition) is 1. The van der Waals surface area contributed by atoms with E-state index >= 15 is 0 Å². The Morgan fingerprint density at radius 3 is 1.76 bits per heavy atom. The van der Waals surface area contributed by atoms with E-state index in [-0.39, 0.29) is 5.41 Å². The van der Waals surface area contributed by atoms with Crippen molar-refractivity contribution < 1.29 is 14.2 Å². The largest absolute Gasteiger partial charge is 0.496 e. The van der Waals surface area contributed by atoms with Crippen LogP contribution in [-0.4, -0.2) is 26.6 Å². The SMILES string of the molecule is CCCC(CS)(CCC)COc1cc(OC)cc(OC)c1. The van der Waals surface area contributed by atoms with Crippen LogP contribution in [-0.2, 0) is 0 Å². The van der Waals surface area contributed by atoms with E-state index in [1.165, 1.54) is 0 Å². The van der Waals surface area contributed by atoms with Gasteiger partial charge in [0.05, 0.1) is 20.8 Å². The van der Waals surface area contributed by atoms with Gasteiger partial charge in [-0.3, -0.25) is 0 Å². The third kappa shape index (κ3) is 5.34. The maximum Gasteiger partial charge on any atom is 0.126 e. The number of ether oxygens (including phenoxy) is 3. The van der Waals surface area contributed by atoms with Crippen molar-refractivity contribution in [1.82, 2.24) is 0 Å². The van der Waals surface area contributed by atoms with Gasteiger partial charge in [-0.1, -0.05) is 26.7 Å². The third-order valence-corrected chi connectivity index (χ3v) is 4.44. The zero-order valence-electron chi connectivity index (χ0n) is 13.6. The lowest BCUT2D eigenvalue weighted by atomic mass is 9.82. The highest BCUT2D eigenvalue weighted by atomic mass is 32.1. The van der Waals surface area contributed by atoms with E-state index in [1.807, 2.05) is 18.2 Å². The molecule has 1 rings (SSSR count). The lowest BCUT2D eigenvalue weighted by Crippen LogP contribution is -2.30. The molecule has 3 nitrogen and oxygen atoms in total. The number of benzene rings is 1. The van der Waals surface area contributed by atoms with Gasteiger partial charge < -0.3 is 14.2 Å². The minimum atomic E-state index is 0.142. The average Bonchev–Trinajstić information content (AvgIpc) is 2.52. The molecule has 0 fully saturated rings. The molecule has 0 aromatic heterocycles. The van der Waals surface area contributed by atoms with Crippen LogP contribution in [0.5, 0.6) is 17.2 Å². The molecule has 1 aromatic rings. The van der Waals surface area contributed by atoms with E-state index in [1.54, 1.807) is 14.2 Å². The number of methoxy groups -OCH3 is 2. The molecule has 0 spiro atoms. The summed E-state index contributed by atoms with van der Waals surface area (Å²) in [5.41, 5.74) is 0.142. The van der Waals surface area contributed by atoms with Crippen molar-refractivity contribution in [2.24, 2.45) is 5.41 Å². The predicted molar refractivity (Wildman–Crippen MR) is 91.1 cm³/mol. The van der Waals surface area contributed by atoms with E-state index < -0.39 is 0 Å². The van der Waals surface area contributed by atoms with Crippen LogP contribution >= 0.6 is 12.6 Å². The Hall–Kier alpha value is -1.03. The maximum absolute atomic E-state index is 6.04. The fourth-order valence-corrected chi connectivity index (χ4v) is 3.04. The van der Waals surface area contributed by atoms with E-state index in [9.17, 15) is 0 Å². The molecule has 1 aromatic carbocycles. The average molecular weight is 312 g/mol. The molecular formula is C17H28O3S. The lowest BCUT2D eigenvalue weighted by Gasteiger charge is -2.31. The molecule has 0 N–H and O–H groups in total. The summed E-state index contributed by atoms with van der Waals surface area (Å²) in [6, 6.07) is 5.63. The van der Waals surface area contributed by atoms with E-state index in [0.717, 1.165) is 48.7 Å². The monoisotopic (exact) mass is 312 g/mol. The fraction of sp³-hybridized carbons (Fsp3) is 0.647. The Kier molecular flexibility index (Phi) is 7.79. The van der Waals surface area contributed by atoms with Gasteiger partial charge in [-0.15, -0.1) is 0 Å². The van der Waals surface area contributed by atoms with Gasteiger partial charge in [0.2, 0.25) is 0 Å². The molecule has 0 saturated carbocycles. The van der Waals surface area contributed by atoms with Gasteiger partial charge in [-0.05, 0) is 18.6 Å². The van der Waals surface area contributed by atoms with Crippen molar-refractivity contribution in [3.05, 3.63) is 18.2 Å². The minimum Gasteiger partial charge on any atom is -0.496 e. The van der Waals surface area contributed by atoms with Crippen LogP contribution in [0.25, 0.3) is 0 Å². The van der Waals surface area contributed by atoms with Crippen molar-refractivity contribution in [1.29, 1.82) is 0 Å². The van der Waals surface area contributed by atoms with Crippen LogP contribution in [0.1, 0.15) is 39.5 Å². The summed E-state index contributed by atoms with van der Waals surface area (Å²) in [6.07, 6.45) is 4.55. The second-order valence-corrected chi connectivity index (χ2v) is 5.81. The summed E-state index contributed by atoms with van der Waals surface area (Å²) >= 11 is 4.56. The maximum atomic E-state index is 6.04. The first-order valence-electron chi connectivity index (χ1n) is 7.59. The van der Waals surface area contributed by atoms with Crippen LogP contribution < -0.4 is 14.2 Å². The molecule has 0 saturated heterocycles. The zero-order valence-corrected chi connectivity index (χ0v) is 14.5. The van der Waals surface area contributed by atoms with Gasteiger partial charge in [0.1, 0.15) is 17.2 Å². The topological polar surface area (TPSA) is 27.7 Å². The first-order valence-corrected chi connectivity index (χ1v) is 8.23. The van der Waals surface area contributed by atoms with Gasteiger partial charge in [-0.2, -0.15) is 12.6 Å². The van der Waals surface area contributed by atoms with Crippen molar-refractivity contribution in [2.45, 2.75) is 39.5 Å². The lowest BCUT2D eigenvalue weighted by molar-refractivity contribution is 0.143. The molecule has 0 atom stereocenters. The van der Waals surface area contributed by atoms with E-state index in [4.69, 9.17) is 14.2 Å². The summed E-state index contributed by atoms with van der Waals surface area (Å²) < 4.78 is 16.6. The van der Waals surface area contributed by atoms with Crippen molar-refractivity contribution >= 4 is 12.6 Å². The molecule has 0 aliphatic carbocycles. The Morgan fingerprint density at radius 2 is 1.38 bits per heavy atom. The van der Waals surface area contributed by atoms with Gasteiger partial charge in [0.15, 0.2) is 0 Å². The molecular weight excluding hydrogens is 284 g/mol. The summed E-state index contributed by atoms with van der Waals surface area (Å²) in [4.78, 5) is 0. The third-order valence-electron chi connectivity index (χ3n) is 3.77. The number of rotatable bonds is 10. The van der Waals surface area contributed by atoms with Crippen LogP contribution in [0.4, 0.5) is 0 Å². The molecule has 0 aliphatic rings. The molecule has 0 amide bonds. The predicted octanol–water partition coefficient (Wildman–Crippen LogP) is 4.60. The fourth-order valence-electron chi connectivity index (χ4n) is 2.63. The quantitative estimate of drug-likeness (QED) is 0.640. The van der Waals surface area contributed by atoms with Gasteiger partial charge in [0, 0.05) is 23.6 Å². The van der Waals surface area contributed by atoms with Gasteiger partial charge >= 0.3 is 0 Å².